The van der Waals surface area contributed by atoms with E-state index in [9.17, 15) is 19.5 Å². The van der Waals surface area contributed by atoms with Crippen LogP contribution in [0.4, 0.5) is 4.79 Å². The van der Waals surface area contributed by atoms with Gasteiger partial charge in [-0.1, -0.05) is 47.0 Å². The topological polar surface area (TPSA) is 102 Å². The van der Waals surface area contributed by atoms with Gasteiger partial charge in [-0.2, -0.15) is 0 Å². The normalized spacial score (nSPS) is 14.6. The number of alkyl carbamates (subject to hydrolysis) is 1. The van der Waals surface area contributed by atoms with E-state index in [4.69, 9.17) is 9.47 Å². The molecule has 0 bridgehead atoms. The van der Waals surface area contributed by atoms with Crippen molar-refractivity contribution in [2.75, 3.05) is 6.54 Å². The van der Waals surface area contributed by atoms with Crippen molar-refractivity contribution in [3.8, 4) is 0 Å². The summed E-state index contributed by atoms with van der Waals surface area (Å²) in [5, 5.41) is 11.8. The molecular formula is C17H31NO6. The minimum absolute atomic E-state index is 0.0146. The summed E-state index contributed by atoms with van der Waals surface area (Å²) in [7, 11) is 0. The Balaban J connectivity index is 4.54. The van der Waals surface area contributed by atoms with E-state index in [0.717, 1.165) is 19.3 Å². The van der Waals surface area contributed by atoms with Crippen LogP contribution in [0.15, 0.2) is 0 Å². The van der Waals surface area contributed by atoms with E-state index in [1.165, 1.54) is 6.92 Å². The van der Waals surface area contributed by atoms with Gasteiger partial charge in [0.2, 0.25) is 0 Å². The van der Waals surface area contributed by atoms with Crippen LogP contribution < -0.4 is 5.32 Å². The Kier molecular flexibility index (Phi) is 10.8. The van der Waals surface area contributed by atoms with Gasteiger partial charge in [-0.05, 0) is 12.3 Å². The van der Waals surface area contributed by atoms with Gasteiger partial charge in [0.25, 0.3) is 6.29 Å². The molecule has 0 saturated carbocycles. The lowest BCUT2D eigenvalue weighted by molar-refractivity contribution is -0.172. The zero-order valence-electron chi connectivity index (χ0n) is 15.3. The third kappa shape index (κ3) is 9.37. The van der Waals surface area contributed by atoms with Crippen LogP contribution in [-0.2, 0) is 19.1 Å². The highest BCUT2D eigenvalue weighted by Gasteiger charge is 2.25. The van der Waals surface area contributed by atoms with E-state index in [0.29, 0.717) is 12.3 Å². The predicted octanol–water partition coefficient (Wildman–Crippen LogP) is 3.18. The smallest absolute Gasteiger partial charge is 0.410 e. The van der Waals surface area contributed by atoms with Gasteiger partial charge < -0.3 is 19.9 Å². The summed E-state index contributed by atoms with van der Waals surface area (Å²) in [6, 6.07) is 0. The lowest BCUT2D eigenvalue weighted by Gasteiger charge is -2.22. The van der Waals surface area contributed by atoms with Crippen molar-refractivity contribution < 1.29 is 29.0 Å². The van der Waals surface area contributed by atoms with E-state index in [1.807, 2.05) is 6.92 Å². The maximum absolute atomic E-state index is 11.8. The number of nitrogens with one attached hydrogen (secondary N) is 1. The van der Waals surface area contributed by atoms with Crippen LogP contribution in [0.2, 0.25) is 0 Å². The number of amides is 1. The number of aliphatic carboxylic acids is 1. The van der Waals surface area contributed by atoms with Crippen molar-refractivity contribution in [3.63, 3.8) is 0 Å². The molecule has 0 aromatic heterocycles. The second-order valence-electron chi connectivity index (χ2n) is 6.34. The Bertz CT molecular complexity index is 410. The fourth-order valence-corrected chi connectivity index (χ4v) is 2.38. The molecule has 7 nitrogen and oxygen atoms in total. The number of ether oxygens (including phenoxy) is 2. The van der Waals surface area contributed by atoms with Gasteiger partial charge in [0.15, 0.2) is 0 Å². The van der Waals surface area contributed by atoms with E-state index >= 15 is 0 Å². The summed E-state index contributed by atoms with van der Waals surface area (Å²) in [5.41, 5.74) is 0. The molecule has 140 valence electrons. The molecule has 3 atom stereocenters. The molecule has 0 aromatic rings. The van der Waals surface area contributed by atoms with Crippen LogP contribution >= 0.6 is 0 Å². The maximum Gasteiger partial charge on any atom is 0.410 e. The highest BCUT2D eigenvalue weighted by Crippen LogP contribution is 2.21. The summed E-state index contributed by atoms with van der Waals surface area (Å²) in [6.07, 6.45) is 1.60. The third-order valence-electron chi connectivity index (χ3n) is 3.78. The maximum atomic E-state index is 11.8. The van der Waals surface area contributed by atoms with Crippen LogP contribution in [0.3, 0.4) is 0 Å². The summed E-state index contributed by atoms with van der Waals surface area (Å²) in [6.45, 7) is 8.81. The highest BCUT2D eigenvalue weighted by molar-refractivity contribution is 5.72. The Labute approximate surface area is 144 Å². The number of hydrogen-bond donors (Lipinski definition) is 2. The Hall–Kier alpha value is -1.79. The molecule has 0 radical (unpaired) electrons. The number of carboxylic acid groups (broad SMARTS) is 1. The molecule has 0 aliphatic rings. The molecular weight excluding hydrogens is 314 g/mol. The van der Waals surface area contributed by atoms with Gasteiger partial charge in [-0.25, -0.2) is 4.79 Å². The summed E-state index contributed by atoms with van der Waals surface area (Å²) < 4.78 is 9.96. The Morgan fingerprint density at radius 3 is 2.17 bits per heavy atom. The second kappa shape index (κ2) is 11.7. The van der Waals surface area contributed by atoms with Gasteiger partial charge in [0, 0.05) is 19.4 Å². The van der Waals surface area contributed by atoms with Gasteiger partial charge in [0.1, 0.15) is 0 Å². The van der Waals surface area contributed by atoms with Crippen molar-refractivity contribution in [1.29, 1.82) is 0 Å². The van der Waals surface area contributed by atoms with Crippen LogP contribution in [0.1, 0.15) is 60.3 Å². The molecule has 0 aromatic carbocycles. The third-order valence-corrected chi connectivity index (χ3v) is 3.78. The zero-order valence-corrected chi connectivity index (χ0v) is 15.3. The second-order valence-corrected chi connectivity index (χ2v) is 6.34. The number of esters is 1. The first kappa shape index (κ1) is 22.2. The van der Waals surface area contributed by atoms with Gasteiger partial charge in [-0.3, -0.25) is 9.59 Å². The zero-order chi connectivity index (χ0) is 18.7. The Morgan fingerprint density at radius 2 is 1.75 bits per heavy atom. The van der Waals surface area contributed by atoms with E-state index in [-0.39, 0.29) is 12.5 Å². The average Bonchev–Trinajstić information content (AvgIpc) is 2.48. The monoisotopic (exact) mass is 345 g/mol. The minimum Gasteiger partial charge on any atom is -0.481 e. The first-order valence-electron chi connectivity index (χ1n) is 8.55. The molecule has 0 fully saturated rings. The summed E-state index contributed by atoms with van der Waals surface area (Å²) in [5.74, 6) is -2.04. The molecule has 7 heteroatoms. The molecule has 0 spiro atoms. The number of carbonyl (C=O) groups is 3. The fraction of sp³-hybridized carbons (Fsp3) is 0.824. The van der Waals surface area contributed by atoms with Crippen molar-refractivity contribution in [2.24, 2.45) is 17.8 Å². The van der Waals surface area contributed by atoms with Crippen LogP contribution in [0.5, 0.6) is 0 Å². The molecule has 2 N–H and O–H groups in total. The molecule has 1 amide bonds. The largest absolute Gasteiger partial charge is 0.481 e. The summed E-state index contributed by atoms with van der Waals surface area (Å²) in [4.78, 5) is 34.2. The first-order valence-corrected chi connectivity index (χ1v) is 8.55. The van der Waals surface area contributed by atoms with Gasteiger partial charge in [0.05, 0.1) is 5.92 Å². The van der Waals surface area contributed by atoms with E-state index in [2.05, 4.69) is 12.2 Å². The highest BCUT2D eigenvalue weighted by atomic mass is 16.7. The van der Waals surface area contributed by atoms with Crippen molar-refractivity contribution in [3.05, 3.63) is 0 Å². The Morgan fingerprint density at radius 1 is 1.12 bits per heavy atom. The molecule has 0 aliphatic heterocycles. The molecule has 24 heavy (non-hydrogen) atoms. The standard InChI is InChI=1S/C17H31NO6/c1-6-8-13(7-2)9-14(15(20)21)10-18-17(22)24-16(11(3)4)23-12(5)19/h11,13-14,16H,6-10H2,1-5H3,(H,18,22)(H,20,21)/t13-,14?,16-/m1/s1. The molecule has 0 saturated heterocycles. The quantitative estimate of drug-likeness (QED) is 0.440. The van der Waals surface area contributed by atoms with Crippen molar-refractivity contribution in [2.45, 2.75) is 66.6 Å². The molecule has 1 unspecified atom stereocenters. The number of rotatable bonds is 11. The van der Waals surface area contributed by atoms with Crippen LogP contribution in [-0.4, -0.2) is 36.0 Å². The predicted molar refractivity (Wildman–Crippen MR) is 89.3 cm³/mol. The average molecular weight is 345 g/mol. The number of hydrogen-bond acceptors (Lipinski definition) is 5. The van der Waals surface area contributed by atoms with E-state index < -0.39 is 30.2 Å². The van der Waals surface area contributed by atoms with Crippen LogP contribution in [0.25, 0.3) is 0 Å². The lowest BCUT2D eigenvalue weighted by atomic mass is 9.89. The lowest BCUT2D eigenvalue weighted by Crippen LogP contribution is -2.38. The first-order chi connectivity index (χ1) is 11.2. The van der Waals surface area contributed by atoms with Crippen molar-refractivity contribution >= 4 is 18.0 Å². The fourth-order valence-electron chi connectivity index (χ4n) is 2.38. The van der Waals surface area contributed by atoms with Crippen molar-refractivity contribution in [1.82, 2.24) is 5.32 Å². The molecule has 0 heterocycles. The van der Waals surface area contributed by atoms with E-state index in [1.54, 1.807) is 13.8 Å². The summed E-state index contributed by atoms with van der Waals surface area (Å²) >= 11 is 0. The SMILES string of the molecule is CCC[C@@H](CC)CC(CNC(=O)O[C@@H](OC(C)=O)C(C)C)C(=O)O. The minimum atomic E-state index is -0.991. The molecule has 0 rings (SSSR count). The number of carboxylic acids is 1. The number of carbonyl (C=O) groups excluding carboxylic acids is 2. The van der Waals surface area contributed by atoms with Gasteiger partial charge >= 0.3 is 18.0 Å². The van der Waals surface area contributed by atoms with Crippen LogP contribution in [0, 0.1) is 17.8 Å². The molecule has 0 aliphatic carbocycles. The van der Waals surface area contributed by atoms with Gasteiger partial charge in [-0.15, -0.1) is 0 Å².